The summed E-state index contributed by atoms with van der Waals surface area (Å²) >= 11 is 3.98. The lowest BCUT2D eigenvalue weighted by molar-refractivity contribution is -0.384. The van der Waals surface area contributed by atoms with Crippen LogP contribution in [0.2, 0.25) is 0 Å². The van der Waals surface area contributed by atoms with Gasteiger partial charge in [-0.3, -0.25) is 19.7 Å². The number of hydrogen-bond acceptors (Lipinski definition) is 8. The average Bonchev–Trinajstić information content (AvgIpc) is 3.25. The fraction of sp³-hybridized carbons (Fsp3) is 0.278. The van der Waals surface area contributed by atoms with Crippen LogP contribution in [0.25, 0.3) is 10.2 Å². The lowest BCUT2D eigenvalue weighted by Crippen LogP contribution is -2.19. The number of nitrogens with two attached hydrogens (primary N) is 1. The molecule has 150 valence electrons. The predicted octanol–water partition coefficient (Wildman–Crippen LogP) is 3.97. The highest BCUT2D eigenvalue weighted by Crippen LogP contribution is 2.38. The zero-order valence-corrected chi connectivity index (χ0v) is 17.5. The third-order valence-electron chi connectivity index (χ3n) is 4.56. The second-order valence-electron chi connectivity index (χ2n) is 6.51. The molecule has 0 aliphatic heterocycles. The van der Waals surface area contributed by atoms with Crippen molar-refractivity contribution in [1.82, 2.24) is 4.98 Å². The minimum atomic E-state index is -0.514. The largest absolute Gasteiger partial charge is 0.365 e. The van der Waals surface area contributed by atoms with E-state index in [0.717, 1.165) is 36.1 Å². The summed E-state index contributed by atoms with van der Waals surface area (Å²) in [6, 6.07) is 4.49. The molecule has 0 saturated heterocycles. The molecular formula is C18H16N4O4S3. The van der Waals surface area contributed by atoms with E-state index < -0.39 is 10.8 Å². The van der Waals surface area contributed by atoms with Crippen molar-refractivity contribution < 1.29 is 14.5 Å². The van der Waals surface area contributed by atoms with Gasteiger partial charge in [0.2, 0.25) is 5.91 Å². The first-order valence-electron chi connectivity index (χ1n) is 8.84. The molecule has 29 heavy (non-hydrogen) atoms. The Balaban J connectivity index is 1.45. The molecule has 0 atom stereocenters. The number of thiophene rings is 1. The Labute approximate surface area is 177 Å². The molecule has 2 aromatic heterocycles. The molecule has 2 heterocycles. The van der Waals surface area contributed by atoms with Crippen LogP contribution >= 0.6 is 34.4 Å². The molecule has 0 unspecified atom stereocenters. The van der Waals surface area contributed by atoms with Crippen LogP contribution in [0.15, 0.2) is 22.5 Å². The third-order valence-corrected chi connectivity index (χ3v) is 7.93. The molecule has 1 aromatic carbocycles. The summed E-state index contributed by atoms with van der Waals surface area (Å²) in [5.41, 5.74) is 7.64. The van der Waals surface area contributed by atoms with Gasteiger partial charge < -0.3 is 11.1 Å². The molecule has 2 amide bonds. The van der Waals surface area contributed by atoms with Crippen molar-refractivity contribution in [2.24, 2.45) is 5.73 Å². The van der Waals surface area contributed by atoms with Crippen molar-refractivity contribution in [2.75, 3.05) is 11.1 Å². The number of anilines is 1. The lowest BCUT2D eigenvalue weighted by atomic mass is 9.95. The molecule has 3 aromatic rings. The molecule has 1 aliphatic rings. The zero-order valence-electron chi connectivity index (χ0n) is 15.1. The highest BCUT2D eigenvalue weighted by Gasteiger charge is 2.25. The molecule has 3 N–H and O–H groups in total. The van der Waals surface area contributed by atoms with E-state index in [0.29, 0.717) is 25.1 Å². The first-order valence-corrected chi connectivity index (χ1v) is 11.5. The van der Waals surface area contributed by atoms with Gasteiger partial charge in [-0.1, -0.05) is 11.8 Å². The SMILES string of the molecule is NC(=O)c1c(NC(=O)CSc2nc3ccc([N+](=O)[O-])cc3s2)sc2c1CCCC2. The van der Waals surface area contributed by atoms with E-state index in [4.69, 9.17) is 5.73 Å². The zero-order chi connectivity index (χ0) is 20.5. The average molecular weight is 449 g/mol. The first-order chi connectivity index (χ1) is 13.9. The van der Waals surface area contributed by atoms with E-state index in [9.17, 15) is 19.7 Å². The molecule has 0 fully saturated rings. The number of aromatic nitrogens is 1. The Hall–Kier alpha value is -2.50. The van der Waals surface area contributed by atoms with Gasteiger partial charge in [-0.2, -0.15) is 0 Å². The number of nitrogens with zero attached hydrogens (tertiary/aromatic N) is 2. The monoisotopic (exact) mass is 448 g/mol. The van der Waals surface area contributed by atoms with E-state index in [-0.39, 0.29) is 17.3 Å². The standard InChI is InChI=1S/C18H16N4O4S3/c19-16(24)15-10-3-1-2-4-12(10)28-17(15)21-14(23)8-27-18-20-11-6-5-9(22(25)26)7-13(11)29-18/h5-7H,1-4,8H2,(H2,19,24)(H,21,23). The van der Waals surface area contributed by atoms with Crippen LogP contribution in [0.5, 0.6) is 0 Å². The smallest absolute Gasteiger partial charge is 0.270 e. The molecule has 11 heteroatoms. The van der Waals surface area contributed by atoms with Crippen molar-refractivity contribution in [1.29, 1.82) is 0 Å². The van der Waals surface area contributed by atoms with Crippen LogP contribution in [0, 0.1) is 10.1 Å². The fourth-order valence-electron chi connectivity index (χ4n) is 3.27. The van der Waals surface area contributed by atoms with Crippen LogP contribution in [-0.4, -0.2) is 27.5 Å². The molecule has 0 spiro atoms. The van der Waals surface area contributed by atoms with Crippen LogP contribution in [0.3, 0.4) is 0 Å². The van der Waals surface area contributed by atoms with Crippen molar-refractivity contribution in [3.63, 3.8) is 0 Å². The van der Waals surface area contributed by atoms with Crippen molar-refractivity contribution in [2.45, 2.75) is 30.0 Å². The second-order valence-corrected chi connectivity index (χ2v) is 9.86. The Bertz CT molecular complexity index is 1140. The van der Waals surface area contributed by atoms with E-state index in [1.165, 1.54) is 46.6 Å². The van der Waals surface area contributed by atoms with Gasteiger partial charge in [0.25, 0.3) is 11.6 Å². The summed E-state index contributed by atoms with van der Waals surface area (Å²) in [6.07, 6.45) is 3.81. The van der Waals surface area contributed by atoms with Gasteiger partial charge in [0.15, 0.2) is 4.34 Å². The van der Waals surface area contributed by atoms with Gasteiger partial charge in [-0.15, -0.1) is 22.7 Å². The molecule has 8 nitrogen and oxygen atoms in total. The number of rotatable bonds is 6. The minimum Gasteiger partial charge on any atom is -0.365 e. The Morgan fingerprint density at radius 2 is 2.07 bits per heavy atom. The fourth-order valence-corrected chi connectivity index (χ4v) is 6.48. The number of hydrogen-bond donors (Lipinski definition) is 2. The molecule has 1 aliphatic carbocycles. The number of nitro benzene ring substituents is 1. The molecule has 0 saturated carbocycles. The number of carbonyl (C=O) groups is 2. The summed E-state index contributed by atoms with van der Waals surface area (Å²) < 4.78 is 1.35. The highest BCUT2D eigenvalue weighted by molar-refractivity contribution is 8.01. The minimum absolute atomic E-state index is 0.0103. The Morgan fingerprint density at radius 3 is 2.83 bits per heavy atom. The quantitative estimate of drug-likeness (QED) is 0.333. The maximum Gasteiger partial charge on any atom is 0.270 e. The number of non-ortho nitro benzene ring substituents is 1. The van der Waals surface area contributed by atoms with Crippen molar-refractivity contribution in [3.05, 3.63) is 44.3 Å². The Kier molecular flexibility index (Phi) is 5.52. The molecule has 0 bridgehead atoms. The highest BCUT2D eigenvalue weighted by atomic mass is 32.2. The third kappa shape index (κ3) is 4.11. The van der Waals surface area contributed by atoms with Gasteiger partial charge in [-0.05, 0) is 37.3 Å². The van der Waals surface area contributed by atoms with E-state index in [1.54, 1.807) is 6.07 Å². The van der Waals surface area contributed by atoms with E-state index in [2.05, 4.69) is 10.3 Å². The van der Waals surface area contributed by atoms with Gasteiger partial charge >= 0.3 is 0 Å². The van der Waals surface area contributed by atoms with Gasteiger partial charge in [0, 0.05) is 17.0 Å². The number of thiazole rings is 1. The normalized spacial score (nSPS) is 13.2. The summed E-state index contributed by atoms with van der Waals surface area (Å²) in [5.74, 6) is -0.649. The molecule has 4 rings (SSSR count). The van der Waals surface area contributed by atoms with Crippen LogP contribution in [0.1, 0.15) is 33.6 Å². The molecular weight excluding hydrogens is 432 g/mol. The van der Waals surface area contributed by atoms with Gasteiger partial charge in [0.05, 0.1) is 26.5 Å². The van der Waals surface area contributed by atoms with Crippen molar-refractivity contribution >= 4 is 67.2 Å². The number of nitrogens with one attached hydrogen (secondary N) is 1. The maximum absolute atomic E-state index is 12.4. The van der Waals surface area contributed by atoms with E-state index >= 15 is 0 Å². The van der Waals surface area contributed by atoms with Gasteiger partial charge in [0.1, 0.15) is 5.00 Å². The number of amides is 2. The topological polar surface area (TPSA) is 128 Å². The molecule has 0 radical (unpaired) electrons. The maximum atomic E-state index is 12.4. The lowest BCUT2D eigenvalue weighted by Gasteiger charge is -2.11. The number of thioether (sulfide) groups is 1. The van der Waals surface area contributed by atoms with Crippen LogP contribution in [-0.2, 0) is 17.6 Å². The number of benzene rings is 1. The number of primary amides is 1. The van der Waals surface area contributed by atoms with Gasteiger partial charge in [-0.25, -0.2) is 4.98 Å². The predicted molar refractivity (Wildman–Crippen MR) is 115 cm³/mol. The van der Waals surface area contributed by atoms with Crippen LogP contribution in [0.4, 0.5) is 10.7 Å². The summed E-state index contributed by atoms with van der Waals surface area (Å²) in [5, 5.41) is 14.2. The first kappa shape index (κ1) is 19.8. The summed E-state index contributed by atoms with van der Waals surface area (Å²) in [7, 11) is 0. The van der Waals surface area contributed by atoms with Crippen LogP contribution < -0.4 is 11.1 Å². The number of nitro groups is 1. The number of aryl methyl sites for hydroxylation is 1. The summed E-state index contributed by atoms with van der Waals surface area (Å²) in [4.78, 5) is 40.3. The number of carbonyl (C=O) groups excluding carboxylic acids is 2. The Morgan fingerprint density at radius 1 is 1.28 bits per heavy atom. The second kappa shape index (κ2) is 8.09. The summed E-state index contributed by atoms with van der Waals surface area (Å²) in [6.45, 7) is 0. The van der Waals surface area contributed by atoms with Crippen molar-refractivity contribution in [3.8, 4) is 0 Å². The van der Waals surface area contributed by atoms with E-state index in [1.807, 2.05) is 0 Å². The number of fused-ring (bicyclic) bond motifs is 2.